The van der Waals surface area contributed by atoms with Gasteiger partial charge in [-0.05, 0) is 40.4 Å². The van der Waals surface area contributed by atoms with Gasteiger partial charge in [0.15, 0.2) is 0 Å². The van der Waals surface area contributed by atoms with Crippen LogP contribution in [0.1, 0.15) is 19.5 Å². The molecule has 2 rings (SSSR count). The minimum Gasteiger partial charge on any atom is -0.417 e. The van der Waals surface area contributed by atoms with E-state index >= 15 is 0 Å². The van der Waals surface area contributed by atoms with Gasteiger partial charge in [-0.3, -0.25) is 0 Å². The Labute approximate surface area is 123 Å². The third-order valence-electron chi connectivity index (χ3n) is 2.54. The molecule has 0 atom stereocenters. The van der Waals surface area contributed by atoms with Crippen LogP contribution in [0.25, 0.3) is 5.69 Å². The number of alkyl halides is 2. The molecule has 0 saturated carbocycles. The van der Waals surface area contributed by atoms with Crippen molar-refractivity contribution in [3.05, 3.63) is 34.7 Å². The largest absolute Gasteiger partial charge is 0.417 e. The average molecular weight is 346 g/mol. The fourth-order valence-electron chi connectivity index (χ4n) is 1.86. The molecule has 0 saturated heterocycles. The molecular weight excluding hydrogens is 332 g/mol. The monoisotopic (exact) mass is 345 g/mol. The molecule has 0 aromatic carbocycles. The van der Waals surface area contributed by atoms with E-state index in [1.807, 2.05) is 6.07 Å². The van der Waals surface area contributed by atoms with E-state index in [1.165, 1.54) is 12.3 Å². The van der Waals surface area contributed by atoms with Gasteiger partial charge in [0.2, 0.25) is 5.88 Å². The number of pyridine rings is 1. The van der Waals surface area contributed by atoms with Gasteiger partial charge in [-0.2, -0.15) is 13.9 Å². The van der Waals surface area contributed by atoms with Crippen molar-refractivity contribution in [3.63, 3.8) is 0 Å². The highest BCUT2D eigenvalue weighted by Gasteiger charge is 2.12. The zero-order chi connectivity index (χ0) is 14.7. The maximum atomic E-state index is 12.2. The van der Waals surface area contributed by atoms with Gasteiger partial charge >= 0.3 is 6.61 Å². The number of halogens is 3. The summed E-state index contributed by atoms with van der Waals surface area (Å²) in [7, 11) is 0. The van der Waals surface area contributed by atoms with Crippen LogP contribution < -0.4 is 4.74 Å². The fourth-order valence-corrected chi connectivity index (χ4v) is 2.28. The molecule has 108 valence electrons. The Hall–Kier alpha value is -1.50. The van der Waals surface area contributed by atoms with Crippen molar-refractivity contribution >= 4 is 15.9 Å². The minimum absolute atomic E-state index is 0.125. The first-order chi connectivity index (χ1) is 9.45. The van der Waals surface area contributed by atoms with Crippen molar-refractivity contribution in [2.75, 3.05) is 0 Å². The summed E-state index contributed by atoms with van der Waals surface area (Å²) in [5.41, 5.74) is 1.62. The van der Waals surface area contributed by atoms with Gasteiger partial charge in [0.25, 0.3) is 0 Å². The van der Waals surface area contributed by atoms with Crippen LogP contribution in [0.5, 0.6) is 5.88 Å². The van der Waals surface area contributed by atoms with Crippen LogP contribution in [-0.2, 0) is 6.42 Å². The van der Waals surface area contributed by atoms with Gasteiger partial charge < -0.3 is 4.74 Å². The number of hydrogen-bond acceptors (Lipinski definition) is 3. The quantitative estimate of drug-likeness (QED) is 0.826. The molecule has 0 N–H and O–H groups in total. The van der Waals surface area contributed by atoms with Gasteiger partial charge in [0, 0.05) is 18.0 Å². The summed E-state index contributed by atoms with van der Waals surface area (Å²) in [6.07, 6.45) is 2.24. The Bertz CT molecular complexity index is 587. The Morgan fingerprint density at radius 3 is 2.75 bits per heavy atom. The smallest absolute Gasteiger partial charge is 0.388 e. The molecule has 0 aliphatic heterocycles. The highest BCUT2D eigenvalue weighted by atomic mass is 79.9. The maximum absolute atomic E-state index is 12.2. The minimum atomic E-state index is -2.89. The molecule has 2 heterocycles. The summed E-state index contributed by atoms with van der Waals surface area (Å²) in [5, 5.41) is 4.32. The molecule has 0 aliphatic rings. The third-order valence-corrected chi connectivity index (χ3v) is 2.93. The molecule has 0 aliphatic carbocycles. The number of rotatable bonds is 5. The van der Waals surface area contributed by atoms with E-state index in [0.717, 1.165) is 12.1 Å². The van der Waals surface area contributed by atoms with E-state index in [1.54, 1.807) is 10.7 Å². The van der Waals surface area contributed by atoms with E-state index in [9.17, 15) is 8.78 Å². The van der Waals surface area contributed by atoms with Crippen molar-refractivity contribution in [2.45, 2.75) is 26.9 Å². The van der Waals surface area contributed by atoms with Gasteiger partial charge in [-0.25, -0.2) is 9.67 Å². The van der Waals surface area contributed by atoms with Crippen LogP contribution in [-0.4, -0.2) is 21.4 Å². The second-order valence-corrected chi connectivity index (χ2v) is 5.51. The van der Waals surface area contributed by atoms with E-state index in [-0.39, 0.29) is 5.88 Å². The number of hydrogen-bond donors (Lipinski definition) is 0. The zero-order valence-corrected chi connectivity index (χ0v) is 12.6. The van der Waals surface area contributed by atoms with Crippen molar-refractivity contribution in [2.24, 2.45) is 5.92 Å². The standard InChI is InChI=1S/C13H14BrF2N3O/c1-8(2)5-10-6-11(14)18-19(10)9-3-4-17-12(7-9)20-13(15)16/h3-4,6-8,13H,5H2,1-2H3. The molecule has 0 spiro atoms. The van der Waals surface area contributed by atoms with E-state index in [0.29, 0.717) is 16.2 Å². The maximum Gasteiger partial charge on any atom is 0.388 e. The molecule has 0 bridgehead atoms. The Morgan fingerprint density at radius 2 is 2.10 bits per heavy atom. The van der Waals surface area contributed by atoms with Gasteiger partial charge in [0.05, 0.1) is 5.69 Å². The Morgan fingerprint density at radius 1 is 1.35 bits per heavy atom. The second kappa shape index (κ2) is 6.30. The Kier molecular flexibility index (Phi) is 4.69. The van der Waals surface area contributed by atoms with E-state index in [4.69, 9.17) is 0 Å². The van der Waals surface area contributed by atoms with Crippen LogP contribution in [0, 0.1) is 5.92 Å². The first-order valence-electron chi connectivity index (χ1n) is 6.11. The van der Waals surface area contributed by atoms with Crippen LogP contribution >= 0.6 is 15.9 Å². The predicted octanol–water partition coefficient (Wildman–Crippen LogP) is 3.83. The predicted molar refractivity (Wildman–Crippen MR) is 74.2 cm³/mol. The first kappa shape index (κ1) is 14.9. The lowest BCUT2D eigenvalue weighted by molar-refractivity contribution is -0.0528. The third kappa shape index (κ3) is 3.75. The van der Waals surface area contributed by atoms with Crippen molar-refractivity contribution in [1.29, 1.82) is 0 Å². The van der Waals surface area contributed by atoms with Crippen LogP contribution in [0.15, 0.2) is 29.0 Å². The molecule has 20 heavy (non-hydrogen) atoms. The summed E-state index contributed by atoms with van der Waals surface area (Å²) >= 11 is 3.33. The summed E-state index contributed by atoms with van der Waals surface area (Å²) in [5.74, 6) is 0.329. The Balaban J connectivity index is 2.35. The second-order valence-electron chi connectivity index (χ2n) is 4.70. The first-order valence-corrected chi connectivity index (χ1v) is 6.90. The molecule has 2 aromatic heterocycles. The van der Waals surface area contributed by atoms with Crippen molar-refractivity contribution in [1.82, 2.24) is 14.8 Å². The summed E-state index contributed by atoms with van der Waals surface area (Å²) in [6.45, 7) is 1.31. The highest BCUT2D eigenvalue weighted by Crippen LogP contribution is 2.21. The van der Waals surface area contributed by atoms with Crippen LogP contribution in [0.4, 0.5) is 8.78 Å². The molecule has 0 fully saturated rings. The molecule has 0 radical (unpaired) electrons. The molecule has 0 amide bonds. The molecular formula is C13H14BrF2N3O. The molecule has 7 heteroatoms. The lowest BCUT2D eigenvalue weighted by atomic mass is 10.1. The summed E-state index contributed by atoms with van der Waals surface area (Å²) < 4.78 is 31.1. The molecule has 2 aromatic rings. The van der Waals surface area contributed by atoms with Gasteiger partial charge in [-0.15, -0.1) is 0 Å². The molecule has 0 unspecified atom stereocenters. The van der Waals surface area contributed by atoms with E-state index in [2.05, 4.69) is 44.6 Å². The van der Waals surface area contributed by atoms with Gasteiger partial charge in [-0.1, -0.05) is 13.8 Å². The highest BCUT2D eigenvalue weighted by molar-refractivity contribution is 9.10. The normalized spacial score (nSPS) is 11.3. The SMILES string of the molecule is CC(C)Cc1cc(Br)nn1-c1ccnc(OC(F)F)c1. The van der Waals surface area contributed by atoms with Crippen LogP contribution in [0.2, 0.25) is 0 Å². The number of ether oxygens (including phenoxy) is 1. The van der Waals surface area contributed by atoms with E-state index < -0.39 is 6.61 Å². The lowest BCUT2D eigenvalue weighted by Crippen LogP contribution is -2.07. The molecule has 4 nitrogen and oxygen atoms in total. The summed E-state index contributed by atoms with van der Waals surface area (Å²) in [4.78, 5) is 3.75. The lowest BCUT2D eigenvalue weighted by Gasteiger charge is -2.10. The number of aromatic nitrogens is 3. The van der Waals surface area contributed by atoms with Crippen LogP contribution in [0.3, 0.4) is 0 Å². The fraction of sp³-hybridized carbons (Fsp3) is 0.385. The topological polar surface area (TPSA) is 39.9 Å². The van der Waals surface area contributed by atoms with Crippen molar-refractivity contribution < 1.29 is 13.5 Å². The summed E-state index contributed by atoms with van der Waals surface area (Å²) in [6, 6.07) is 5.05. The number of nitrogens with zero attached hydrogens (tertiary/aromatic N) is 3. The van der Waals surface area contributed by atoms with Crippen molar-refractivity contribution in [3.8, 4) is 11.6 Å². The zero-order valence-electron chi connectivity index (χ0n) is 11.1. The van der Waals surface area contributed by atoms with Gasteiger partial charge in [0.1, 0.15) is 4.60 Å². The average Bonchev–Trinajstić information content (AvgIpc) is 2.68.